The molecule has 0 bridgehead atoms. The summed E-state index contributed by atoms with van der Waals surface area (Å²) in [5.41, 5.74) is 3.86. The van der Waals surface area contributed by atoms with E-state index in [4.69, 9.17) is 5.11 Å². The molecule has 0 spiro atoms. The lowest BCUT2D eigenvalue weighted by atomic mass is 10.0. The molecule has 1 atom stereocenters. The monoisotopic (exact) mass is 467 g/mol. The minimum absolute atomic E-state index is 0.0385. The quantitative estimate of drug-likeness (QED) is 0.400. The van der Waals surface area contributed by atoms with Crippen LogP contribution in [0.4, 0.5) is 5.82 Å². The fraction of sp³-hybridized carbons (Fsp3) is 0.435. The zero-order valence-electron chi connectivity index (χ0n) is 18.9. The Morgan fingerprint density at radius 1 is 1.33 bits per heavy atom. The number of nitrogens with one attached hydrogen (secondary N) is 1. The predicted molar refractivity (Wildman–Crippen MR) is 129 cm³/mol. The van der Waals surface area contributed by atoms with Crippen LogP contribution in [0.3, 0.4) is 0 Å². The SMILES string of the molecule is CNc1cccc(-c2nncn2C(C)CO)n1.O=Cc1cc2c(cn1)CCN(SC1CC1)C2. The number of pyridine rings is 2. The van der Waals surface area contributed by atoms with Crippen LogP contribution in [0.25, 0.3) is 11.5 Å². The van der Waals surface area contributed by atoms with E-state index in [1.54, 1.807) is 6.33 Å². The Morgan fingerprint density at radius 2 is 2.18 bits per heavy atom. The van der Waals surface area contributed by atoms with Gasteiger partial charge in [0, 0.05) is 31.6 Å². The summed E-state index contributed by atoms with van der Waals surface area (Å²) >= 11 is 1.99. The van der Waals surface area contributed by atoms with Crippen molar-refractivity contribution in [1.82, 2.24) is 29.0 Å². The molecule has 9 nitrogen and oxygen atoms in total. The molecule has 1 unspecified atom stereocenters. The maximum absolute atomic E-state index is 10.7. The van der Waals surface area contributed by atoms with Crippen LogP contribution < -0.4 is 5.32 Å². The van der Waals surface area contributed by atoms with Gasteiger partial charge in [0.05, 0.1) is 12.6 Å². The zero-order chi connectivity index (χ0) is 23.2. The van der Waals surface area contributed by atoms with Crippen molar-refractivity contribution in [3.05, 3.63) is 53.6 Å². The molecule has 0 saturated heterocycles. The smallest absolute Gasteiger partial charge is 0.182 e. The van der Waals surface area contributed by atoms with Crippen LogP contribution in [-0.4, -0.2) is 65.9 Å². The van der Waals surface area contributed by atoms with E-state index in [1.165, 1.54) is 24.0 Å². The summed E-state index contributed by atoms with van der Waals surface area (Å²) in [7, 11) is 1.81. The molecule has 1 saturated carbocycles. The summed E-state index contributed by atoms with van der Waals surface area (Å²) in [4.78, 5) is 19.2. The van der Waals surface area contributed by atoms with Crippen LogP contribution >= 0.6 is 11.9 Å². The predicted octanol–water partition coefficient (Wildman–Crippen LogP) is 3.00. The van der Waals surface area contributed by atoms with Gasteiger partial charge in [-0.25, -0.2) is 9.29 Å². The molecule has 1 aliphatic heterocycles. The lowest BCUT2D eigenvalue weighted by molar-refractivity contribution is 0.111. The van der Waals surface area contributed by atoms with E-state index in [0.717, 1.165) is 42.6 Å². The molecule has 1 fully saturated rings. The van der Waals surface area contributed by atoms with E-state index in [1.807, 2.05) is 60.9 Å². The molecular weight excluding hydrogens is 438 g/mol. The van der Waals surface area contributed by atoms with Gasteiger partial charge in [0.25, 0.3) is 0 Å². The number of hydrogen-bond acceptors (Lipinski definition) is 9. The third kappa shape index (κ3) is 5.95. The molecule has 174 valence electrons. The summed E-state index contributed by atoms with van der Waals surface area (Å²) in [6.07, 6.45) is 8.07. The first-order chi connectivity index (χ1) is 16.1. The highest BCUT2D eigenvalue weighted by atomic mass is 32.2. The van der Waals surface area contributed by atoms with E-state index in [9.17, 15) is 4.79 Å². The Hall–Kier alpha value is -2.82. The number of carbonyl (C=O) groups excluding carboxylic acids is 1. The molecule has 0 amide bonds. The van der Waals surface area contributed by atoms with Gasteiger partial charge in [-0.3, -0.25) is 9.78 Å². The van der Waals surface area contributed by atoms with Crippen molar-refractivity contribution in [2.45, 2.75) is 44.0 Å². The Labute approximate surface area is 197 Å². The van der Waals surface area contributed by atoms with Crippen molar-refractivity contribution >= 4 is 24.1 Å². The average Bonchev–Trinajstić information content (AvgIpc) is 3.54. The van der Waals surface area contributed by atoms with Crippen LogP contribution in [0.5, 0.6) is 0 Å². The molecule has 2 aliphatic rings. The van der Waals surface area contributed by atoms with Crippen LogP contribution in [0.15, 0.2) is 36.8 Å². The minimum Gasteiger partial charge on any atom is -0.394 e. The van der Waals surface area contributed by atoms with Crippen molar-refractivity contribution in [1.29, 1.82) is 0 Å². The Kier molecular flexibility index (Phi) is 7.69. The maximum Gasteiger partial charge on any atom is 0.182 e. The van der Waals surface area contributed by atoms with Crippen molar-refractivity contribution in [3.8, 4) is 11.5 Å². The topological polar surface area (TPSA) is 109 Å². The fourth-order valence-corrected chi connectivity index (χ4v) is 4.68. The highest BCUT2D eigenvalue weighted by Gasteiger charge is 2.27. The number of nitrogens with zero attached hydrogens (tertiary/aromatic N) is 6. The number of aromatic nitrogens is 5. The summed E-state index contributed by atoms with van der Waals surface area (Å²) in [6, 6.07) is 7.50. The third-order valence-electron chi connectivity index (χ3n) is 5.57. The molecule has 3 aromatic heterocycles. The van der Waals surface area contributed by atoms with Gasteiger partial charge in [0.15, 0.2) is 12.1 Å². The molecule has 0 radical (unpaired) electrons. The van der Waals surface area contributed by atoms with E-state index in [0.29, 0.717) is 11.5 Å². The fourth-order valence-electron chi connectivity index (χ4n) is 3.50. The number of hydrogen-bond donors (Lipinski definition) is 2. The molecule has 3 aromatic rings. The molecule has 1 aliphatic carbocycles. The standard InChI is InChI=1S/C12H14N2OS.C11H15N5O/c15-8-11-5-10-7-14(16-12-1-2-12)4-3-9(10)6-13-11;1-8(6-17)16-7-13-15-11(16)9-4-3-5-10(12-2)14-9/h5-6,8,12H,1-4,7H2;3-5,7-8,17H,6H2,1-2H3,(H,12,14). The molecule has 33 heavy (non-hydrogen) atoms. The molecule has 5 rings (SSSR count). The Morgan fingerprint density at radius 3 is 2.91 bits per heavy atom. The highest BCUT2D eigenvalue weighted by molar-refractivity contribution is 7.97. The minimum atomic E-state index is -0.0694. The largest absolute Gasteiger partial charge is 0.394 e. The second-order valence-electron chi connectivity index (χ2n) is 8.17. The maximum atomic E-state index is 10.7. The number of aliphatic hydroxyl groups is 1. The van der Waals surface area contributed by atoms with Gasteiger partial charge in [-0.15, -0.1) is 10.2 Å². The van der Waals surface area contributed by atoms with Crippen LogP contribution in [0, 0.1) is 0 Å². The first kappa shape index (κ1) is 23.3. The molecular formula is C23H29N7O2S. The van der Waals surface area contributed by atoms with Crippen LogP contribution in [0.1, 0.15) is 47.4 Å². The van der Waals surface area contributed by atoms with Gasteiger partial charge >= 0.3 is 0 Å². The van der Waals surface area contributed by atoms with E-state index >= 15 is 0 Å². The number of aliphatic hydroxyl groups excluding tert-OH is 1. The molecule has 2 N–H and O–H groups in total. The van der Waals surface area contributed by atoms with Crippen LogP contribution in [0.2, 0.25) is 0 Å². The van der Waals surface area contributed by atoms with Crippen molar-refractivity contribution in [2.24, 2.45) is 0 Å². The third-order valence-corrected chi connectivity index (χ3v) is 6.95. The second-order valence-corrected chi connectivity index (χ2v) is 9.56. The Bertz CT molecular complexity index is 1090. The van der Waals surface area contributed by atoms with Crippen LogP contribution in [-0.2, 0) is 13.0 Å². The molecule has 10 heteroatoms. The van der Waals surface area contributed by atoms with E-state index in [-0.39, 0.29) is 12.6 Å². The van der Waals surface area contributed by atoms with Gasteiger partial charge in [0.1, 0.15) is 23.5 Å². The number of anilines is 1. The van der Waals surface area contributed by atoms with Gasteiger partial charge in [-0.05, 0) is 55.5 Å². The highest BCUT2D eigenvalue weighted by Crippen LogP contribution is 2.38. The summed E-state index contributed by atoms with van der Waals surface area (Å²) < 4.78 is 4.23. The lowest BCUT2D eigenvalue weighted by Gasteiger charge is -2.27. The lowest BCUT2D eigenvalue weighted by Crippen LogP contribution is -2.25. The number of rotatable bonds is 7. The average molecular weight is 468 g/mol. The Balaban J connectivity index is 0.000000157. The molecule has 4 heterocycles. The summed E-state index contributed by atoms with van der Waals surface area (Å²) in [6.45, 7) is 4.00. The summed E-state index contributed by atoms with van der Waals surface area (Å²) in [5, 5.41) is 20.9. The van der Waals surface area contributed by atoms with E-state index < -0.39 is 0 Å². The van der Waals surface area contributed by atoms with Gasteiger partial charge < -0.3 is 15.0 Å². The first-order valence-electron chi connectivity index (χ1n) is 11.1. The van der Waals surface area contributed by atoms with Gasteiger partial charge in [-0.2, -0.15) is 0 Å². The zero-order valence-corrected chi connectivity index (χ0v) is 19.7. The van der Waals surface area contributed by atoms with Gasteiger partial charge in [-0.1, -0.05) is 18.0 Å². The number of fused-ring (bicyclic) bond motifs is 1. The molecule has 0 aromatic carbocycles. The first-order valence-corrected chi connectivity index (χ1v) is 11.9. The normalized spacial score (nSPS) is 16.3. The summed E-state index contributed by atoms with van der Waals surface area (Å²) in [5.74, 6) is 1.43. The number of aldehydes is 1. The number of carbonyl (C=O) groups is 1. The van der Waals surface area contributed by atoms with Gasteiger partial charge in [0.2, 0.25) is 0 Å². The van der Waals surface area contributed by atoms with Crippen molar-refractivity contribution < 1.29 is 9.90 Å². The second kappa shape index (κ2) is 10.9. The van der Waals surface area contributed by atoms with Crippen molar-refractivity contribution in [2.75, 3.05) is 25.5 Å². The van der Waals surface area contributed by atoms with Crippen molar-refractivity contribution in [3.63, 3.8) is 0 Å². The van der Waals surface area contributed by atoms with E-state index in [2.05, 4.69) is 29.8 Å².